The number of halogens is 1. The van der Waals surface area contributed by atoms with Gasteiger partial charge in [0, 0.05) is 25.2 Å². The van der Waals surface area contributed by atoms with Crippen LogP contribution in [-0.4, -0.2) is 31.6 Å². The first-order valence-corrected chi connectivity index (χ1v) is 6.78. The SMILES string of the molecule is C=CCN(CC=C)CC(Cl)c1cc(C)ccc1OC. The van der Waals surface area contributed by atoms with Crippen molar-refractivity contribution in [3.63, 3.8) is 0 Å². The first-order chi connectivity index (χ1) is 9.12. The van der Waals surface area contributed by atoms with Gasteiger partial charge >= 0.3 is 0 Å². The van der Waals surface area contributed by atoms with Gasteiger partial charge in [0.05, 0.1) is 12.5 Å². The molecule has 1 atom stereocenters. The first kappa shape index (κ1) is 15.8. The van der Waals surface area contributed by atoms with E-state index in [-0.39, 0.29) is 5.38 Å². The molecule has 0 spiro atoms. The second-order valence-corrected chi connectivity index (χ2v) is 5.04. The summed E-state index contributed by atoms with van der Waals surface area (Å²) in [4.78, 5) is 2.19. The van der Waals surface area contributed by atoms with Crippen molar-refractivity contribution < 1.29 is 4.74 Å². The van der Waals surface area contributed by atoms with Crippen LogP contribution < -0.4 is 4.74 Å². The molecule has 3 heteroatoms. The number of benzene rings is 1. The maximum absolute atomic E-state index is 6.54. The van der Waals surface area contributed by atoms with Gasteiger partial charge in [0.2, 0.25) is 0 Å². The third kappa shape index (κ3) is 4.73. The van der Waals surface area contributed by atoms with E-state index in [1.54, 1.807) is 7.11 Å². The largest absolute Gasteiger partial charge is 0.496 e. The van der Waals surface area contributed by atoms with Gasteiger partial charge in [0.15, 0.2) is 0 Å². The summed E-state index contributed by atoms with van der Waals surface area (Å²) in [6.45, 7) is 11.9. The molecule has 1 rings (SSSR count). The Bertz CT molecular complexity index is 421. The zero-order chi connectivity index (χ0) is 14.3. The summed E-state index contributed by atoms with van der Waals surface area (Å²) in [6, 6.07) is 6.07. The highest BCUT2D eigenvalue weighted by Gasteiger charge is 2.16. The van der Waals surface area contributed by atoms with Crippen LogP contribution in [0.4, 0.5) is 0 Å². The molecule has 0 amide bonds. The third-order valence-electron chi connectivity index (χ3n) is 2.92. The predicted molar refractivity (Wildman–Crippen MR) is 83.2 cm³/mol. The van der Waals surface area contributed by atoms with Gasteiger partial charge in [-0.3, -0.25) is 4.90 Å². The topological polar surface area (TPSA) is 12.5 Å². The molecule has 0 radical (unpaired) electrons. The summed E-state index contributed by atoms with van der Waals surface area (Å²) < 4.78 is 5.38. The molecular formula is C16H22ClNO. The quantitative estimate of drug-likeness (QED) is 0.528. The normalized spacial score (nSPS) is 12.2. The molecule has 0 saturated carbocycles. The number of ether oxygens (including phenoxy) is 1. The van der Waals surface area contributed by atoms with Crippen LogP contribution in [0.5, 0.6) is 5.75 Å². The minimum atomic E-state index is -0.116. The van der Waals surface area contributed by atoms with Crippen molar-refractivity contribution in [1.29, 1.82) is 0 Å². The Kier molecular flexibility index (Phi) is 6.68. The van der Waals surface area contributed by atoms with Crippen molar-refractivity contribution in [3.05, 3.63) is 54.6 Å². The first-order valence-electron chi connectivity index (χ1n) is 6.35. The maximum Gasteiger partial charge on any atom is 0.123 e. The molecule has 0 fully saturated rings. The van der Waals surface area contributed by atoms with E-state index in [0.29, 0.717) is 0 Å². The molecule has 0 aromatic heterocycles. The van der Waals surface area contributed by atoms with Gasteiger partial charge < -0.3 is 4.74 Å². The number of alkyl halides is 1. The van der Waals surface area contributed by atoms with Gasteiger partial charge in [-0.25, -0.2) is 0 Å². The van der Waals surface area contributed by atoms with E-state index in [1.807, 2.05) is 24.3 Å². The van der Waals surface area contributed by atoms with Crippen molar-refractivity contribution in [3.8, 4) is 5.75 Å². The summed E-state index contributed by atoms with van der Waals surface area (Å²) >= 11 is 6.54. The molecule has 2 nitrogen and oxygen atoms in total. The van der Waals surface area contributed by atoms with Crippen LogP contribution in [0.3, 0.4) is 0 Å². The molecule has 0 bridgehead atoms. The molecule has 0 aliphatic rings. The van der Waals surface area contributed by atoms with E-state index >= 15 is 0 Å². The van der Waals surface area contributed by atoms with E-state index in [0.717, 1.165) is 30.9 Å². The number of aryl methyl sites for hydroxylation is 1. The zero-order valence-corrected chi connectivity index (χ0v) is 12.5. The molecule has 1 aromatic carbocycles. The minimum absolute atomic E-state index is 0.116. The third-order valence-corrected chi connectivity index (χ3v) is 3.29. The average molecular weight is 280 g/mol. The van der Waals surface area contributed by atoms with E-state index in [4.69, 9.17) is 16.3 Å². The molecular weight excluding hydrogens is 258 g/mol. The Morgan fingerprint density at radius 2 is 1.95 bits per heavy atom. The smallest absolute Gasteiger partial charge is 0.123 e. The van der Waals surface area contributed by atoms with Crippen LogP contribution in [-0.2, 0) is 0 Å². The lowest BCUT2D eigenvalue weighted by Crippen LogP contribution is -2.27. The Balaban J connectivity index is 2.85. The fraction of sp³-hybridized carbons (Fsp3) is 0.375. The van der Waals surface area contributed by atoms with Crippen molar-refractivity contribution in [1.82, 2.24) is 4.90 Å². The molecule has 0 aliphatic heterocycles. The van der Waals surface area contributed by atoms with E-state index in [9.17, 15) is 0 Å². The zero-order valence-electron chi connectivity index (χ0n) is 11.7. The molecule has 0 aliphatic carbocycles. The molecule has 1 unspecified atom stereocenters. The minimum Gasteiger partial charge on any atom is -0.496 e. The number of nitrogens with zero attached hydrogens (tertiary/aromatic N) is 1. The lowest BCUT2D eigenvalue weighted by molar-refractivity contribution is 0.331. The van der Waals surface area contributed by atoms with Gasteiger partial charge in [-0.1, -0.05) is 29.8 Å². The molecule has 0 heterocycles. The molecule has 0 saturated heterocycles. The Hall–Kier alpha value is -1.25. The van der Waals surface area contributed by atoms with E-state index in [2.05, 4.69) is 31.0 Å². The number of hydrogen-bond acceptors (Lipinski definition) is 2. The Morgan fingerprint density at radius 3 is 2.47 bits per heavy atom. The standard InChI is InChI=1S/C16H22ClNO/c1-5-9-18(10-6-2)12-15(17)14-11-13(3)7-8-16(14)19-4/h5-8,11,15H,1-2,9-10,12H2,3-4H3. The highest BCUT2D eigenvalue weighted by atomic mass is 35.5. The van der Waals surface area contributed by atoms with Crippen LogP contribution in [0.2, 0.25) is 0 Å². The second kappa shape index (κ2) is 8.03. The van der Waals surface area contributed by atoms with Gasteiger partial charge in [-0.15, -0.1) is 24.8 Å². The molecule has 1 aromatic rings. The Labute approximate surface area is 121 Å². The van der Waals surface area contributed by atoms with Crippen molar-refractivity contribution in [2.45, 2.75) is 12.3 Å². The summed E-state index contributed by atoms with van der Waals surface area (Å²) in [5.41, 5.74) is 2.21. The van der Waals surface area contributed by atoms with Crippen LogP contribution in [0.25, 0.3) is 0 Å². The lowest BCUT2D eigenvalue weighted by atomic mass is 10.1. The summed E-state index contributed by atoms with van der Waals surface area (Å²) in [6.07, 6.45) is 3.75. The van der Waals surface area contributed by atoms with Crippen molar-refractivity contribution in [2.24, 2.45) is 0 Å². The van der Waals surface area contributed by atoms with Crippen molar-refractivity contribution >= 4 is 11.6 Å². The number of rotatable bonds is 8. The van der Waals surface area contributed by atoms with Gasteiger partial charge in [0.1, 0.15) is 5.75 Å². The number of methoxy groups -OCH3 is 1. The molecule has 104 valence electrons. The fourth-order valence-electron chi connectivity index (χ4n) is 2.01. The van der Waals surface area contributed by atoms with Crippen LogP contribution in [0.1, 0.15) is 16.5 Å². The molecule has 19 heavy (non-hydrogen) atoms. The highest BCUT2D eigenvalue weighted by Crippen LogP contribution is 2.31. The van der Waals surface area contributed by atoms with E-state index < -0.39 is 0 Å². The van der Waals surface area contributed by atoms with Crippen LogP contribution >= 0.6 is 11.6 Å². The second-order valence-electron chi connectivity index (χ2n) is 4.51. The van der Waals surface area contributed by atoms with Crippen LogP contribution in [0.15, 0.2) is 43.5 Å². The Morgan fingerprint density at radius 1 is 1.32 bits per heavy atom. The summed E-state index contributed by atoms with van der Waals surface area (Å²) in [5, 5.41) is -0.116. The molecule has 0 N–H and O–H groups in total. The van der Waals surface area contributed by atoms with Gasteiger partial charge in [-0.2, -0.15) is 0 Å². The van der Waals surface area contributed by atoms with Gasteiger partial charge in [0.25, 0.3) is 0 Å². The van der Waals surface area contributed by atoms with Crippen LogP contribution in [0, 0.1) is 6.92 Å². The fourth-order valence-corrected chi connectivity index (χ4v) is 2.38. The van der Waals surface area contributed by atoms with Crippen molar-refractivity contribution in [2.75, 3.05) is 26.7 Å². The van der Waals surface area contributed by atoms with E-state index in [1.165, 1.54) is 5.56 Å². The predicted octanol–water partition coefficient (Wildman–Crippen LogP) is 3.96. The summed E-state index contributed by atoms with van der Waals surface area (Å²) in [5.74, 6) is 0.836. The maximum atomic E-state index is 6.54. The average Bonchev–Trinajstić information content (AvgIpc) is 2.39. The monoisotopic (exact) mass is 279 g/mol. The summed E-state index contributed by atoms with van der Waals surface area (Å²) in [7, 11) is 1.67. The van der Waals surface area contributed by atoms with Gasteiger partial charge in [-0.05, 0) is 13.0 Å². The lowest BCUT2D eigenvalue weighted by Gasteiger charge is -2.23. The number of hydrogen-bond donors (Lipinski definition) is 0. The highest BCUT2D eigenvalue weighted by molar-refractivity contribution is 6.21.